The second-order valence-corrected chi connectivity index (χ2v) is 11.3. The number of rotatable bonds is 4. The van der Waals surface area contributed by atoms with E-state index in [4.69, 9.17) is 28.3 Å². The molecule has 6 unspecified atom stereocenters. The van der Waals surface area contributed by atoms with Crippen LogP contribution in [0.15, 0.2) is 47.6 Å². The molecule has 0 aromatic heterocycles. The van der Waals surface area contributed by atoms with Gasteiger partial charge in [-0.05, 0) is 98.1 Å². The number of fused-ring (bicyclic) bond motifs is 2. The molecule has 178 valence electrons. The first-order chi connectivity index (χ1) is 16.4. The highest BCUT2D eigenvalue weighted by atomic mass is 35.5. The third kappa shape index (κ3) is 4.11. The highest BCUT2D eigenvalue weighted by molar-refractivity contribution is 6.40. The van der Waals surface area contributed by atoms with Gasteiger partial charge in [0.15, 0.2) is 0 Å². The van der Waals surface area contributed by atoms with Crippen LogP contribution in [-0.4, -0.2) is 17.7 Å². The van der Waals surface area contributed by atoms with Crippen molar-refractivity contribution in [1.29, 1.82) is 0 Å². The number of amides is 1. The number of nitrogens with one attached hydrogen (secondary N) is 1. The first-order valence-corrected chi connectivity index (χ1v) is 13.1. The quantitative estimate of drug-likeness (QED) is 0.504. The van der Waals surface area contributed by atoms with Gasteiger partial charge >= 0.3 is 0 Å². The van der Waals surface area contributed by atoms with Crippen LogP contribution in [0.1, 0.15) is 56.6 Å². The number of hydrogen-bond donors (Lipinski definition) is 1. The van der Waals surface area contributed by atoms with Gasteiger partial charge in [-0.3, -0.25) is 9.80 Å². The molecular weight excluding hydrogens is 472 g/mol. The van der Waals surface area contributed by atoms with Gasteiger partial charge in [-0.1, -0.05) is 35.3 Å². The summed E-state index contributed by atoms with van der Waals surface area (Å²) in [5.74, 6) is 2.75. The fourth-order valence-electron chi connectivity index (χ4n) is 6.97. The average Bonchev–Trinajstić information content (AvgIpc) is 3.34. The van der Waals surface area contributed by atoms with Crippen molar-refractivity contribution in [2.75, 3.05) is 5.01 Å². The van der Waals surface area contributed by atoms with Crippen LogP contribution in [0.2, 0.25) is 10.0 Å². The van der Waals surface area contributed by atoms with Crippen molar-refractivity contribution < 1.29 is 9.18 Å². The Morgan fingerprint density at radius 2 is 1.74 bits per heavy atom. The summed E-state index contributed by atoms with van der Waals surface area (Å²) < 4.78 is 13.6. The molecule has 2 aromatic carbocycles. The van der Waals surface area contributed by atoms with E-state index in [1.54, 1.807) is 29.3 Å². The molecule has 3 saturated carbocycles. The Hall–Kier alpha value is -2.11. The van der Waals surface area contributed by atoms with Gasteiger partial charge in [0.1, 0.15) is 11.5 Å². The summed E-state index contributed by atoms with van der Waals surface area (Å²) in [6.45, 7) is 0. The van der Waals surface area contributed by atoms with Crippen molar-refractivity contribution >= 4 is 40.5 Å². The Bertz CT molecular complexity index is 1140. The third-order valence-corrected chi connectivity index (χ3v) is 9.04. The molecular formula is C27H28Cl2FN3O. The van der Waals surface area contributed by atoms with Crippen LogP contribution >= 0.6 is 23.2 Å². The predicted molar refractivity (Wildman–Crippen MR) is 134 cm³/mol. The molecule has 1 aliphatic heterocycles. The molecule has 4 nitrogen and oxygen atoms in total. The van der Waals surface area contributed by atoms with Crippen molar-refractivity contribution in [3.63, 3.8) is 0 Å². The number of hydrazone groups is 1. The second-order valence-electron chi connectivity index (χ2n) is 10.5. The Morgan fingerprint density at radius 3 is 2.53 bits per heavy atom. The second kappa shape index (κ2) is 8.83. The van der Waals surface area contributed by atoms with E-state index >= 15 is 0 Å². The summed E-state index contributed by atoms with van der Waals surface area (Å²) in [6, 6.07) is 11.6. The summed E-state index contributed by atoms with van der Waals surface area (Å²) in [5.41, 5.74) is 2.04. The lowest BCUT2D eigenvalue weighted by atomic mass is 9.77. The molecule has 7 heteroatoms. The van der Waals surface area contributed by atoms with E-state index in [-0.39, 0.29) is 23.8 Å². The SMILES string of the molecule is O=C(NC1CCC2CC3CC2CC1C3)C1=NN(c2ccc(Cl)cc2Cl)C(c2ccc(F)cc2)C1. The van der Waals surface area contributed by atoms with Crippen LogP contribution in [0.3, 0.4) is 0 Å². The van der Waals surface area contributed by atoms with Crippen LogP contribution in [0, 0.1) is 29.5 Å². The number of carbonyl (C=O) groups is 1. The molecule has 1 heterocycles. The lowest BCUT2D eigenvalue weighted by Crippen LogP contribution is -2.44. The Labute approximate surface area is 209 Å². The molecule has 0 radical (unpaired) electrons. The van der Waals surface area contributed by atoms with Crippen LogP contribution in [0.5, 0.6) is 0 Å². The van der Waals surface area contributed by atoms with E-state index in [1.807, 2.05) is 6.07 Å². The highest BCUT2D eigenvalue weighted by Gasteiger charge is 2.46. The van der Waals surface area contributed by atoms with Crippen LogP contribution < -0.4 is 10.3 Å². The maximum absolute atomic E-state index is 13.6. The molecule has 3 bridgehead atoms. The van der Waals surface area contributed by atoms with Crippen molar-refractivity contribution in [3.8, 4) is 0 Å². The maximum atomic E-state index is 13.6. The zero-order chi connectivity index (χ0) is 23.4. The zero-order valence-electron chi connectivity index (χ0n) is 18.9. The van der Waals surface area contributed by atoms with Gasteiger partial charge in [-0.15, -0.1) is 0 Å². The van der Waals surface area contributed by atoms with Gasteiger partial charge in [0.25, 0.3) is 5.91 Å². The maximum Gasteiger partial charge on any atom is 0.267 e. The Morgan fingerprint density at radius 1 is 0.971 bits per heavy atom. The molecule has 3 fully saturated rings. The lowest BCUT2D eigenvalue weighted by Gasteiger charge is -2.33. The summed E-state index contributed by atoms with van der Waals surface area (Å²) in [7, 11) is 0. The van der Waals surface area contributed by atoms with E-state index in [0.717, 1.165) is 29.7 Å². The van der Waals surface area contributed by atoms with Gasteiger partial charge in [-0.25, -0.2) is 4.39 Å². The lowest BCUT2D eigenvalue weighted by molar-refractivity contribution is -0.116. The van der Waals surface area contributed by atoms with Crippen molar-refractivity contribution in [2.45, 2.75) is 57.0 Å². The van der Waals surface area contributed by atoms with E-state index in [0.29, 0.717) is 33.8 Å². The molecule has 0 saturated heterocycles. The fraction of sp³-hybridized carbons (Fsp3) is 0.481. The molecule has 34 heavy (non-hydrogen) atoms. The summed E-state index contributed by atoms with van der Waals surface area (Å²) in [6.07, 6.45) is 8.00. The fourth-order valence-corrected chi connectivity index (χ4v) is 7.46. The standard InChI is InChI=1S/C27H28Cl2FN3O/c28-20-4-8-25(22(29)13-20)33-26(16-1-5-21(30)6-2-16)14-24(32-33)27(34)31-23-7-3-17-9-15-10-18(17)12-19(23)11-15/h1-2,4-6,8,13,15,17-19,23,26H,3,7,9-12,14H2,(H,31,34). The molecule has 2 aromatic rings. The highest BCUT2D eigenvalue weighted by Crippen LogP contribution is 2.53. The van der Waals surface area contributed by atoms with E-state index < -0.39 is 0 Å². The van der Waals surface area contributed by atoms with Gasteiger partial charge < -0.3 is 5.32 Å². The number of carbonyl (C=O) groups excluding carboxylic acids is 1. The third-order valence-electron chi connectivity index (χ3n) is 8.50. The first-order valence-electron chi connectivity index (χ1n) is 12.3. The molecule has 0 spiro atoms. The minimum atomic E-state index is -0.297. The summed E-state index contributed by atoms with van der Waals surface area (Å²) >= 11 is 12.6. The molecule has 3 aliphatic carbocycles. The molecule has 6 rings (SSSR count). The summed E-state index contributed by atoms with van der Waals surface area (Å²) in [5, 5.41) is 10.9. The number of hydrogen-bond acceptors (Lipinski definition) is 3. The largest absolute Gasteiger partial charge is 0.348 e. The molecule has 1 N–H and O–H groups in total. The molecule has 1 amide bonds. The minimum Gasteiger partial charge on any atom is -0.348 e. The van der Waals surface area contributed by atoms with Crippen LogP contribution in [0.25, 0.3) is 0 Å². The van der Waals surface area contributed by atoms with E-state index in [2.05, 4.69) is 5.32 Å². The Balaban J connectivity index is 1.26. The zero-order valence-corrected chi connectivity index (χ0v) is 20.4. The Kier molecular flexibility index (Phi) is 5.81. The van der Waals surface area contributed by atoms with Gasteiger partial charge in [0.05, 0.1) is 16.8 Å². The predicted octanol–water partition coefficient (Wildman–Crippen LogP) is 6.77. The van der Waals surface area contributed by atoms with Crippen LogP contribution in [-0.2, 0) is 4.79 Å². The van der Waals surface area contributed by atoms with E-state index in [9.17, 15) is 9.18 Å². The van der Waals surface area contributed by atoms with Gasteiger partial charge in [-0.2, -0.15) is 5.10 Å². The number of anilines is 1. The van der Waals surface area contributed by atoms with Gasteiger partial charge in [0.2, 0.25) is 0 Å². The van der Waals surface area contributed by atoms with Gasteiger partial charge in [0, 0.05) is 17.5 Å². The number of halogens is 3. The monoisotopic (exact) mass is 499 g/mol. The molecule has 4 aliphatic rings. The number of benzene rings is 2. The number of nitrogens with zero attached hydrogens (tertiary/aromatic N) is 2. The average molecular weight is 500 g/mol. The minimum absolute atomic E-state index is 0.0950. The normalized spacial score (nSPS) is 32.0. The van der Waals surface area contributed by atoms with Crippen molar-refractivity contribution in [3.05, 3.63) is 63.9 Å². The smallest absolute Gasteiger partial charge is 0.267 e. The topological polar surface area (TPSA) is 44.7 Å². The summed E-state index contributed by atoms with van der Waals surface area (Å²) in [4.78, 5) is 13.4. The van der Waals surface area contributed by atoms with E-state index in [1.165, 1.54) is 44.2 Å². The van der Waals surface area contributed by atoms with Crippen molar-refractivity contribution in [1.82, 2.24) is 5.32 Å². The van der Waals surface area contributed by atoms with Crippen molar-refractivity contribution in [2.24, 2.45) is 28.8 Å². The molecule has 6 atom stereocenters. The van der Waals surface area contributed by atoms with Crippen LogP contribution in [0.4, 0.5) is 10.1 Å². The first kappa shape index (κ1) is 22.4.